The van der Waals surface area contributed by atoms with Crippen molar-refractivity contribution in [3.63, 3.8) is 0 Å². The Morgan fingerprint density at radius 1 is 0.500 bits per heavy atom. The van der Waals surface area contributed by atoms with Crippen LogP contribution in [0, 0.1) is 0 Å². The number of pyridine rings is 2. The molecule has 2 heterocycles. The molecule has 0 aliphatic heterocycles. The number of amides is 2. The molecule has 0 atom stereocenters. The first-order valence-electron chi connectivity index (χ1n) is 20.4. The molecule has 60 heavy (non-hydrogen) atoms. The first kappa shape index (κ1) is 43.4. The smallest absolute Gasteiger partial charge is 0.261 e. The minimum absolute atomic E-state index is 0.0103. The number of anilines is 2. The predicted octanol–water partition coefficient (Wildman–Crippen LogP) is 10.5. The molecule has 0 bridgehead atoms. The molecule has 0 saturated carbocycles. The number of hydrogen-bond acceptors (Lipinski definition) is 6. The van der Waals surface area contributed by atoms with E-state index in [2.05, 4.69) is 116 Å². The summed E-state index contributed by atoms with van der Waals surface area (Å²) in [4.78, 5) is 60.5. The van der Waals surface area contributed by atoms with Gasteiger partial charge in [-0.2, -0.15) is 0 Å². The van der Waals surface area contributed by atoms with E-state index >= 15 is 0 Å². The molecule has 0 fully saturated rings. The quantitative estimate of drug-likeness (QED) is 0.107. The van der Waals surface area contributed by atoms with E-state index in [0.29, 0.717) is 44.7 Å². The van der Waals surface area contributed by atoms with Gasteiger partial charge < -0.3 is 30.1 Å². The topological polar surface area (TPSA) is 142 Å². The summed E-state index contributed by atoms with van der Waals surface area (Å²) < 4.78 is 13.0. The third-order valence-corrected chi connectivity index (χ3v) is 10.6. The Bertz CT molecular complexity index is 2540. The third-order valence-electron chi connectivity index (χ3n) is 10.6. The molecule has 10 nitrogen and oxygen atoms in total. The van der Waals surface area contributed by atoms with Crippen molar-refractivity contribution in [2.75, 3.05) is 23.8 Å². The van der Waals surface area contributed by atoms with Crippen LogP contribution in [0.4, 0.5) is 11.4 Å². The molecule has 0 aliphatic carbocycles. The van der Waals surface area contributed by atoms with E-state index in [1.54, 1.807) is 36.4 Å². The van der Waals surface area contributed by atoms with Crippen molar-refractivity contribution < 1.29 is 19.1 Å². The van der Waals surface area contributed by atoms with Gasteiger partial charge in [-0.1, -0.05) is 107 Å². The van der Waals surface area contributed by atoms with E-state index in [-0.39, 0.29) is 56.9 Å². The first-order valence-corrected chi connectivity index (χ1v) is 20.4. The minimum Gasteiger partial charge on any atom is -0.490 e. The van der Waals surface area contributed by atoms with Crippen molar-refractivity contribution in [2.24, 2.45) is 0 Å². The Hall–Kier alpha value is -6.16. The predicted molar refractivity (Wildman–Crippen MR) is 244 cm³/mol. The SMILES string of the molecule is CC(C)(C)c1cc(C(C)(C)C)c(OCCOc2cc(NC(=O)c3c[nH]c4ccccc4c3=O)c(C(C)(C)C)cc2C(C)(C)C)cc1NC(=O)c1c[nH]c2ccccc2c1=O. The highest BCUT2D eigenvalue weighted by Crippen LogP contribution is 2.42. The summed E-state index contributed by atoms with van der Waals surface area (Å²) >= 11 is 0. The van der Waals surface area contributed by atoms with Crippen molar-refractivity contribution >= 4 is 45.0 Å². The van der Waals surface area contributed by atoms with Crippen LogP contribution >= 0.6 is 0 Å². The van der Waals surface area contributed by atoms with Crippen molar-refractivity contribution in [1.29, 1.82) is 0 Å². The Morgan fingerprint density at radius 3 is 1.17 bits per heavy atom. The lowest BCUT2D eigenvalue weighted by atomic mass is 9.79. The fourth-order valence-corrected chi connectivity index (χ4v) is 7.37. The Labute approximate surface area is 352 Å². The number of carbonyl (C=O) groups is 2. The summed E-state index contributed by atoms with van der Waals surface area (Å²) in [5.74, 6) is 0.114. The van der Waals surface area contributed by atoms with Crippen molar-refractivity contribution in [2.45, 2.75) is 105 Å². The second kappa shape index (κ2) is 16.1. The number of nitrogens with one attached hydrogen (secondary N) is 4. The number of hydrogen-bond donors (Lipinski definition) is 4. The summed E-state index contributed by atoms with van der Waals surface area (Å²) in [6.07, 6.45) is 2.91. The van der Waals surface area contributed by atoms with E-state index in [0.717, 1.165) is 22.3 Å². The number of H-pyrrole nitrogens is 2. The van der Waals surface area contributed by atoms with E-state index in [1.807, 2.05) is 24.3 Å². The molecule has 6 rings (SSSR count). The van der Waals surface area contributed by atoms with Gasteiger partial charge in [0.25, 0.3) is 11.8 Å². The molecule has 2 aromatic heterocycles. The van der Waals surface area contributed by atoms with Crippen LogP contribution in [0.25, 0.3) is 21.8 Å². The zero-order valence-corrected chi connectivity index (χ0v) is 36.9. The molecule has 4 N–H and O–H groups in total. The van der Waals surface area contributed by atoms with Gasteiger partial charge in [0, 0.05) is 57.7 Å². The summed E-state index contributed by atoms with van der Waals surface area (Å²) in [6, 6.07) is 22.0. The maximum atomic E-state index is 13.8. The first-order chi connectivity index (χ1) is 27.9. The minimum atomic E-state index is -0.521. The summed E-state index contributed by atoms with van der Waals surface area (Å²) in [6.45, 7) is 25.5. The molecular weight excluding hydrogens is 753 g/mol. The molecule has 4 aromatic carbocycles. The average Bonchev–Trinajstić information content (AvgIpc) is 3.15. The van der Waals surface area contributed by atoms with E-state index in [9.17, 15) is 19.2 Å². The molecule has 0 radical (unpaired) electrons. The van der Waals surface area contributed by atoms with Crippen LogP contribution in [0.5, 0.6) is 11.5 Å². The molecule has 0 saturated heterocycles. The molecule has 10 heteroatoms. The lowest BCUT2D eigenvalue weighted by molar-refractivity contribution is 0.101. The van der Waals surface area contributed by atoms with Crippen molar-refractivity contribution in [3.8, 4) is 11.5 Å². The summed E-state index contributed by atoms with van der Waals surface area (Å²) in [7, 11) is 0. The normalized spacial score (nSPS) is 12.4. The maximum absolute atomic E-state index is 13.8. The second-order valence-electron chi connectivity index (χ2n) is 19.5. The third kappa shape index (κ3) is 9.18. The fourth-order valence-electron chi connectivity index (χ4n) is 7.37. The van der Waals surface area contributed by atoms with Crippen molar-refractivity contribution in [3.05, 3.63) is 139 Å². The van der Waals surface area contributed by atoms with E-state index < -0.39 is 11.8 Å². The van der Waals surface area contributed by atoms with Gasteiger partial charge in [-0.05, 0) is 80.3 Å². The Kier molecular flexibility index (Phi) is 11.7. The molecule has 6 aromatic rings. The van der Waals surface area contributed by atoms with Crippen molar-refractivity contribution in [1.82, 2.24) is 9.97 Å². The second-order valence-corrected chi connectivity index (χ2v) is 19.5. The van der Waals surface area contributed by atoms with Gasteiger partial charge in [0.1, 0.15) is 35.8 Å². The van der Waals surface area contributed by atoms with E-state index in [1.165, 1.54) is 12.4 Å². The van der Waals surface area contributed by atoms with Gasteiger partial charge in [0.15, 0.2) is 0 Å². The largest absolute Gasteiger partial charge is 0.490 e. The van der Waals surface area contributed by atoms with Crippen LogP contribution in [-0.4, -0.2) is 35.0 Å². The maximum Gasteiger partial charge on any atom is 0.261 e. The highest BCUT2D eigenvalue weighted by molar-refractivity contribution is 6.07. The highest BCUT2D eigenvalue weighted by Gasteiger charge is 2.30. The lowest BCUT2D eigenvalue weighted by Gasteiger charge is -2.30. The molecular formula is C50H58N4O6. The number of aromatic amines is 2. The zero-order chi connectivity index (χ0) is 43.9. The molecule has 0 unspecified atom stereocenters. The number of fused-ring (bicyclic) bond motifs is 2. The van der Waals surface area contributed by atoms with Gasteiger partial charge in [0.2, 0.25) is 10.9 Å². The van der Waals surface area contributed by atoms with Gasteiger partial charge in [-0.15, -0.1) is 0 Å². The Balaban J connectivity index is 1.30. The van der Waals surface area contributed by atoms with Crippen LogP contribution in [0.3, 0.4) is 0 Å². The molecule has 0 spiro atoms. The van der Waals surface area contributed by atoms with Crippen LogP contribution < -0.4 is 31.0 Å². The number of rotatable bonds is 9. The fraction of sp³-hybridized carbons (Fsp3) is 0.360. The summed E-state index contributed by atoms with van der Waals surface area (Å²) in [5, 5.41) is 6.94. The zero-order valence-electron chi connectivity index (χ0n) is 36.9. The van der Waals surface area contributed by atoms with Gasteiger partial charge in [-0.25, -0.2) is 0 Å². The summed E-state index contributed by atoms with van der Waals surface area (Å²) in [5.41, 5.74) is 4.04. The lowest BCUT2D eigenvalue weighted by Crippen LogP contribution is -2.26. The Morgan fingerprint density at radius 2 is 0.833 bits per heavy atom. The van der Waals surface area contributed by atoms with Crippen LogP contribution in [0.2, 0.25) is 0 Å². The van der Waals surface area contributed by atoms with Gasteiger partial charge >= 0.3 is 0 Å². The molecule has 314 valence electrons. The number of ether oxygens (including phenoxy) is 2. The standard InChI is InChI=1S/C50H58N4O6/c1-47(2,3)33-23-35(49(7,8)9)41(25-39(33)53-45(57)31-27-51-37-19-15-13-17-29(37)43(31)55)59-21-22-60-42-26-40(34(48(4,5)6)24-36(42)50(10,11)12)54-46(58)32-28-52-38-20-16-14-18-30(38)44(32)56/h13-20,23-28H,21-22H2,1-12H3,(H,51,55)(H,52,56)(H,53,57)(H,54,58). The molecule has 2 amide bonds. The van der Waals surface area contributed by atoms with Crippen LogP contribution in [-0.2, 0) is 21.7 Å². The van der Waals surface area contributed by atoms with Crippen LogP contribution in [0.15, 0.2) is 94.8 Å². The number of carbonyl (C=O) groups excluding carboxylic acids is 2. The van der Waals surface area contributed by atoms with Gasteiger partial charge in [0.05, 0.1) is 0 Å². The number of para-hydroxylation sites is 2. The average molecular weight is 811 g/mol. The van der Waals surface area contributed by atoms with Gasteiger partial charge in [-0.3, -0.25) is 19.2 Å². The van der Waals surface area contributed by atoms with Crippen LogP contribution in [0.1, 0.15) is 126 Å². The number of benzene rings is 4. The van der Waals surface area contributed by atoms with E-state index in [4.69, 9.17) is 9.47 Å². The highest BCUT2D eigenvalue weighted by atomic mass is 16.5. The monoisotopic (exact) mass is 810 g/mol. The molecule has 0 aliphatic rings. The number of aromatic nitrogens is 2.